The predicted molar refractivity (Wildman–Crippen MR) is 161 cm³/mol. The molecular formula is C31H45N3O8S. The molecular weight excluding hydrogens is 574 g/mol. The number of aliphatic hydroxyl groups excluding tert-OH is 1. The third-order valence-electron chi connectivity index (χ3n) is 8.30. The fourth-order valence-electron chi connectivity index (χ4n) is 5.72. The van der Waals surface area contributed by atoms with Crippen LogP contribution >= 0.6 is 0 Å². The number of nitrogens with two attached hydrogens (primary N) is 1. The first-order valence-corrected chi connectivity index (χ1v) is 16.3. The van der Waals surface area contributed by atoms with Crippen LogP contribution in [0.5, 0.6) is 5.75 Å². The van der Waals surface area contributed by atoms with E-state index < -0.39 is 40.3 Å². The van der Waals surface area contributed by atoms with Gasteiger partial charge in [-0.1, -0.05) is 44.2 Å². The van der Waals surface area contributed by atoms with Crippen molar-refractivity contribution in [2.75, 3.05) is 26.9 Å². The second-order valence-corrected chi connectivity index (χ2v) is 13.8. The van der Waals surface area contributed by atoms with E-state index in [0.717, 1.165) is 12.8 Å². The zero-order valence-electron chi connectivity index (χ0n) is 25.2. The van der Waals surface area contributed by atoms with Gasteiger partial charge in [-0.3, -0.25) is 5.32 Å². The van der Waals surface area contributed by atoms with Crippen molar-refractivity contribution in [3.05, 3.63) is 60.2 Å². The summed E-state index contributed by atoms with van der Waals surface area (Å²) in [5, 5.41) is 14.6. The number of carbonyl (C=O) groups excluding carboxylic acids is 1. The van der Waals surface area contributed by atoms with Gasteiger partial charge in [-0.2, -0.15) is 4.72 Å². The Hall–Kier alpha value is -2.74. The van der Waals surface area contributed by atoms with Crippen LogP contribution in [0.25, 0.3) is 0 Å². The standard InChI is InChI=1S/C31H45N3O8S/c1-30(2,16-7-18-32)17-14-27(35)31(20-22-8-5-4-6-9-22,34-43(37,38)24-12-10-23(39-3)11-13-24)33-29(36)42-26-21-41-28-25(26)15-19-40-28/h4-6,8-13,25-28,34-35H,7,14-21,32H2,1-3H3,(H,33,36)/t25-,26-,27-,28+,31+/m1/s1. The summed E-state index contributed by atoms with van der Waals surface area (Å²) in [6, 6.07) is 15.0. The number of benzene rings is 2. The summed E-state index contributed by atoms with van der Waals surface area (Å²) in [6.45, 7) is 5.39. The summed E-state index contributed by atoms with van der Waals surface area (Å²) in [5.74, 6) is 0.377. The molecule has 0 aliphatic carbocycles. The molecule has 0 saturated carbocycles. The molecule has 2 heterocycles. The molecule has 0 bridgehead atoms. The molecule has 12 heteroatoms. The number of ether oxygens (including phenoxy) is 4. The number of hydrogen-bond acceptors (Lipinski definition) is 9. The van der Waals surface area contributed by atoms with Gasteiger partial charge in [0.1, 0.15) is 17.5 Å². The molecule has 4 rings (SSSR count). The average molecular weight is 620 g/mol. The Morgan fingerprint density at radius 2 is 1.84 bits per heavy atom. The lowest BCUT2D eigenvalue weighted by Gasteiger charge is -2.40. The normalized spacial score (nSPS) is 22.4. The summed E-state index contributed by atoms with van der Waals surface area (Å²) in [4.78, 5) is 13.5. The number of sulfonamides is 1. The topological polar surface area (TPSA) is 158 Å². The van der Waals surface area contributed by atoms with Gasteiger partial charge in [-0.25, -0.2) is 13.2 Å². The fraction of sp³-hybridized carbons (Fsp3) is 0.581. The zero-order chi connectivity index (χ0) is 31.1. The molecule has 2 fully saturated rings. The van der Waals surface area contributed by atoms with E-state index >= 15 is 0 Å². The molecule has 2 saturated heterocycles. The van der Waals surface area contributed by atoms with Crippen molar-refractivity contribution in [2.24, 2.45) is 17.1 Å². The highest BCUT2D eigenvalue weighted by atomic mass is 32.2. The van der Waals surface area contributed by atoms with E-state index in [1.165, 1.54) is 31.4 Å². The average Bonchev–Trinajstić information content (AvgIpc) is 3.60. The highest BCUT2D eigenvalue weighted by molar-refractivity contribution is 7.89. The van der Waals surface area contributed by atoms with Gasteiger partial charge in [-0.15, -0.1) is 0 Å². The number of methoxy groups -OCH3 is 1. The first-order valence-electron chi connectivity index (χ1n) is 14.8. The van der Waals surface area contributed by atoms with Gasteiger partial charge in [0.25, 0.3) is 0 Å². The number of amides is 1. The Bertz CT molecular complexity index is 1290. The van der Waals surface area contributed by atoms with Gasteiger partial charge in [-0.05, 0) is 73.9 Å². The Morgan fingerprint density at radius 3 is 2.51 bits per heavy atom. The second kappa shape index (κ2) is 14.4. The van der Waals surface area contributed by atoms with Crippen LogP contribution in [0.3, 0.4) is 0 Å². The summed E-state index contributed by atoms with van der Waals surface area (Å²) in [5.41, 5.74) is 4.41. The number of carbonyl (C=O) groups is 1. The van der Waals surface area contributed by atoms with Crippen molar-refractivity contribution in [1.29, 1.82) is 0 Å². The quantitative estimate of drug-likeness (QED) is 0.220. The largest absolute Gasteiger partial charge is 0.497 e. The number of fused-ring (bicyclic) bond motifs is 1. The lowest BCUT2D eigenvalue weighted by molar-refractivity contribution is -0.0907. The smallest absolute Gasteiger partial charge is 0.409 e. The lowest BCUT2D eigenvalue weighted by Crippen LogP contribution is -2.68. The van der Waals surface area contributed by atoms with E-state index in [4.69, 9.17) is 24.7 Å². The SMILES string of the molecule is COc1ccc(S(=O)(=O)N[C@](Cc2ccccc2)(NC(=O)O[C@@H]2CO[C@@H]3OCC[C@@H]32)[C@H](O)CCC(C)(C)CCCN)cc1. The molecule has 2 aliphatic heterocycles. The third-order valence-corrected chi connectivity index (χ3v) is 9.83. The van der Waals surface area contributed by atoms with Crippen molar-refractivity contribution in [2.45, 2.75) is 81.4 Å². The molecule has 11 nitrogen and oxygen atoms in total. The molecule has 43 heavy (non-hydrogen) atoms. The van der Waals surface area contributed by atoms with Gasteiger partial charge in [0, 0.05) is 6.42 Å². The monoisotopic (exact) mass is 619 g/mol. The summed E-state index contributed by atoms with van der Waals surface area (Å²) in [6.07, 6.45) is -0.132. The third kappa shape index (κ3) is 8.68. The van der Waals surface area contributed by atoms with Crippen molar-refractivity contribution in [1.82, 2.24) is 10.0 Å². The van der Waals surface area contributed by atoms with Crippen molar-refractivity contribution in [3.63, 3.8) is 0 Å². The maximum absolute atomic E-state index is 13.9. The van der Waals surface area contributed by atoms with Gasteiger partial charge in [0.2, 0.25) is 10.0 Å². The lowest BCUT2D eigenvalue weighted by atomic mass is 9.80. The van der Waals surface area contributed by atoms with E-state index in [9.17, 15) is 18.3 Å². The Labute approximate surface area is 254 Å². The van der Waals surface area contributed by atoms with Crippen molar-refractivity contribution >= 4 is 16.1 Å². The van der Waals surface area contributed by atoms with Crippen LogP contribution in [0.15, 0.2) is 59.5 Å². The molecule has 2 aromatic carbocycles. The minimum absolute atomic E-state index is 0.0426. The number of alkyl carbamates (subject to hydrolysis) is 1. The zero-order valence-corrected chi connectivity index (χ0v) is 26.0. The predicted octanol–water partition coefficient (Wildman–Crippen LogP) is 3.31. The van der Waals surface area contributed by atoms with Crippen LogP contribution in [0.2, 0.25) is 0 Å². The first-order chi connectivity index (χ1) is 20.5. The molecule has 2 aliphatic rings. The summed E-state index contributed by atoms with van der Waals surface area (Å²) < 4.78 is 52.5. The van der Waals surface area contributed by atoms with Gasteiger partial charge in [0.15, 0.2) is 6.29 Å². The Balaban J connectivity index is 1.67. The molecule has 0 aromatic heterocycles. The number of aliphatic hydroxyl groups is 1. The highest BCUT2D eigenvalue weighted by Gasteiger charge is 2.47. The van der Waals surface area contributed by atoms with Crippen molar-refractivity contribution < 1.29 is 37.3 Å². The van der Waals surface area contributed by atoms with Crippen LogP contribution in [0, 0.1) is 11.3 Å². The fourth-order valence-corrected chi connectivity index (χ4v) is 7.07. The summed E-state index contributed by atoms with van der Waals surface area (Å²) in [7, 11) is -2.77. The molecule has 2 aromatic rings. The highest BCUT2D eigenvalue weighted by Crippen LogP contribution is 2.34. The van der Waals surface area contributed by atoms with Crippen LogP contribution in [0.4, 0.5) is 4.79 Å². The van der Waals surface area contributed by atoms with Gasteiger partial charge >= 0.3 is 6.09 Å². The van der Waals surface area contributed by atoms with E-state index in [2.05, 4.69) is 23.9 Å². The first kappa shape index (κ1) is 33.2. The van der Waals surface area contributed by atoms with E-state index in [0.29, 0.717) is 37.3 Å². The van der Waals surface area contributed by atoms with Crippen molar-refractivity contribution in [3.8, 4) is 5.75 Å². The molecule has 1 amide bonds. The second-order valence-electron chi connectivity index (χ2n) is 12.1. The number of rotatable bonds is 15. The van der Waals surface area contributed by atoms with Gasteiger partial charge in [0.05, 0.1) is 37.2 Å². The number of nitrogens with one attached hydrogen (secondary N) is 2. The van der Waals surface area contributed by atoms with Crippen LogP contribution in [-0.2, 0) is 30.7 Å². The van der Waals surface area contributed by atoms with Crippen LogP contribution < -0.4 is 20.5 Å². The molecule has 5 atom stereocenters. The minimum Gasteiger partial charge on any atom is -0.497 e. The number of hydrogen-bond donors (Lipinski definition) is 4. The van der Waals surface area contributed by atoms with E-state index in [-0.39, 0.29) is 35.7 Å². The van der Waals surface area contributed by atoms with E-state index in [1.807, 2.05) is 30.3 Å². The molecule has 5 N–H and O–H groups in total. The molecule has 0 unspecified atom stereocenters. The van der Waals surface area contributed by atoms with Gasteiger partial charge < -0.3 is 29.8 Å². The molecule has 0 spiro atoms. The van der Waals surface area contributed by atoms with Crippen LogP contribution in [0.1, 0.15) is 51.5 Å². The minimum atomic E-state index is -4.26. The Morgan fingerprint density at radius 1 is 1.12 bits per heavy atom. The molecule has 0 radical (unpaired) electrons. The summed E-state index contributed by atoms with van der Waals surface area (Å²) >= 11 is 0. The Kier molecular flexibility index (Phi) is 11.1. The molecule has 238 valence electrons. The maximum atomic E-state index is 13.9. The van der Waals surface area contributed by atoms with E-state index in [1.54, 1.807) is 0 Å². The van der Waals surface area contributed by atoms with Crippen LogP contribution in [-0.4, -0.2) is 70.6 Å². The maximum Gasteiger partial charge on any atom is 0.409 e.